The summed E-state index contributed by atoms with van der Waals surface area (Å²) in [6.45, 7) is 12.5. The van der Waals surface area contributed by atoms with E-state index in [0.29, 0.717) is 0 Å². The zero-order valence-corrected chi connectivity index (χ0v) is 18.8. The molecule has 2 atom stereocenters. The van der Waals surface area contributed by atoms with Crippen LogP contribution in [0.3, 0.4) is 0 Å². The van der Waals surface area contributed by atoms with E-state index in [4.69, 9.17) is 4.74 Å². The molecule has 7 nitrogen and oxygen atoms in total. The lowest BCUT2D eigenvalue weighted by Crippen LogP contribution is -2.48. The van der Waals surface area contributed by atoms with Crippen LogP contribution >= 0.6 is 0 Å². The van der Waals surface area contributed by atoms with Crippen molar-refractivity contribution in [1.82, 2.24) is 25.1 Å². The lowest BCUT2D eigenvalue weighted by molar-refractivity contribution is 0.0890. The fraction of sp³-hybridized carbons (Fsp3) is 0.696. The van der Waals surface area contributed by atoms with Crippen LogP contribution in [0.2, 0.25) is 0 Å². The quantitative estimate of drug-likeness (QED) is 0.661. The Balaban J connectivity index is 1.46. The summed E-state index contributed by atoms with van der Waals surface area (Å²) in [5.41, 5.74) is 4.14. The minimum atomic E-state index is 0.250. The number of unbranched alkanes of at least 4 members (excludes halogenated alkanes) is 1. The molecular formula is C23H36N6O. The van der Waals surface area contributed by atoms with Gasteiger partial charge < -0.3 is 9.64 Å². The van der Waals surface area contributed by atoms with Crippen molar-refractivity contribution in [2.75, 3.05) is 37.7 Å². The van der Waals surface area contributed by atoms with E-state index in [-0.39, 0.29) is 12.1 Å². The van der Waals surface area contributed by atoms with Gasteiger partial charge in [0.05, 0.1) is 18.7 Å². The highest BCUT2D eigenvalue weighted by molar-refractivity contribution is 5.56. The molecule has 0 radical (unpaired) electrons. The number of aromatic nitrogens is 4. The molecule has 2 aliphatic heterocycles. The molecule has 0 bridgehead atoms. The van der Waals surface area contributed by atoms with Gasteiger partial charge in [-0.05, 0) is 60.7 Å². The molecule has 0 N–H and O–H groups in total. The van der Waals surface area contributed by atoms with Crippen molar-refractivity contribution in [1.29, 1.82) is 0 Å². The van der Waals surface area contributed by atoms with Crippen LogP contribution in [0.25, 0.3) is 0 Å². The molecule has 2 fully saturated rings. The number of nitrogens with zero attached hydrogens (tertiary/aromatic N) is 6. The predicted molar refractivity (Wildman–Crippen MR) is 119 cm³/mol. The Hall–Kier alpha value is -1.99. The molecule has 164 valence electrons. The molecule has 1 aromatic heterocycles. The molecule has 7 heteroatoms. The molecule has 3 heterocycles. The molecule has 0 saturated carbocycles. The van der Waals surface area contributed by atoms with Crippen LogP contribution < -0.4 is 4.90 Å². The molecule has 0 spiro atoms. The second kappa shape index (κ2) is 9.88. The first kappa shape index (κ1) is 21.2. The average molecular weight is 413 g/mol. The third-order valence-corrected chi connectivity index (χ3v) is 6.76. The van der Waals surface area contributed by atoms with E-state index in [1.165, 1.54) is 29.7 Å². The predicted octanol–water partition coefficient (Wildman–Crippen LogP) is 3.52. The largest absolute Gasteiger partial charge is 0.376 e. The van der Waals surface area contributed by atoms with Gasteiger partial charge in [0.1, 0.15) is 0 Å². The van der Waals surface area contributed by atoms with Gasteiger partial charge in [-0.15, -0.1) is 5.10 Å². The van der Waals surface area contributed by atoms with E-state index in [1.807, 2.05) is 4.68 Å². The van der Waals surface area contributed by atoms with Crippen LogP contribution in [-0.2, 0) is 11.3 Å². The third kappa shape index (κ3) is 4.67. The Labute approximate surface area is 180 Å². The molecule has 0 amide bonds. The maximum absolute atomic E-state index is 5.83. The van der Waals surface area contributed by atoms with Crippen LogP contribution in [0.4, 0.5) is 5.69 Å². The Morgan fingerprint density at radius 1 is 1.17 bits per heavy atom. The molecule has 30 heavy (non-hydrogen) atoms. The number of piperazine rings is 1. The van der Waals surface area contributed by atoms with Crippen molar-refractivity contribution in [3.05, 3.63) is 35.2 Å². The maximum Gasteiger partial charge on any atom is 0.168 e. The summed E-state index contributed by atoms with van der Waals surface area (Å²) in [5, 5.41) is 12.8. The Morgan fingerprint density at radius 2 is 2.00 bits per heavy atom. The van der Waals surface area contributed by atoms with Crippen molar-refractivity contribution in [3.63, 3.8) is 0 Å². The molecule has 0 unspecified atom stereocenters. The number of rotatable bonds is 8. The zero-order valence-electron chi connectivity index (χ0n) is 18.8. The van der Waals surface area contributed by atoms with E-state index in [2.05, 4.69) is 64.3 Å². The van der Waals surface area contributed by atoms with Gasteiger partial charge >= 0.3 is 0 Å². The van der Waals surface area contributed by atoms with Gasteiger partial charge in [0.25, 0.3) is 0 Å². The summed E-state index contributed by atoms with van der Waals surface area (Å²) in [6, 6.07) is 6.91. The summed E-state index contributed by atoms with van der Waals surface area (Å²) in [7, 11) is 0. The normalized spacial score (nSPS) is 21.3. The molecule has 2 aromatic rings. The lowest BCUT2D eigenvalue weighted by atomic mass is 10.0. The minimum Gasteiger partial charge on any atom is -0.376 e. The SMILES string of the molecule is CCCC[C@H](c1nnnn1C[C@@H]1CCCO1)N1CCN(c2cccc(C)c2C)CC1. The van der Waals surface area contributed by atoms with Crippen molar-refractivity contribution < 1.29 is 4.74 Å². The molecule has 2 saturated heterocycles. The van der Waals surface area contributed by atoms with Gasteiger partial charge in [-0.1, -0.05) is 31.9 Å². The summed E-state index contributed by atoms with van der Waals surface area (Å²) < 4.78 is 7.84. The fourth-order valence-corrected chi connectivity index (χ4v) is 4.79. The fourth-order valence-electron chi connectivity index (χ4n) is 4.79. The number of hydrogen-bond acceptors (Lipinski definition) is 6. The van der Waals surface area contributed by atoms with Crippen LogP contribution in [0, 0.1) is 13.8 Å². The monoisotopic (exact) mass is 412 g/mol. The van der Waals surface area contributed by atoms with E-state index in [0.717, 1.165) is 64.4 Å². The molecule has 2 aliphatic rings. The maximum atomic E-state index is 5.83. The van der Waals surface area contributed by atoms with Crippen molar-refractivity contribution >= 4 is 5.69 Å². The highest BCUT2D eigenvalue weighted by Gasteiger charge is 2.30. The van der Waals surface area contributed by atoms with Gasteiger partial charge in [0.2, 0.25) is 0 Å². The van der Waals surface area contributed by atoms with Gasteiger partial charge in [0.15, 0.2) is 5.82 Å². The summed E-state index contributed by atoms with van der Waals surface area (Å²) >= 11 is 0. The first-order valence-corrected chi connectivity index (χ1v) is 11.6. The van der Waals surface area contributed by atoms with E-state index in [1.54, 1.807) is 0 Å². The van der Waals surface area contributed by atoms with Gasteiger partial charge in [-0.3, -0.25) is 4.90 Å². The van der Waals surface area contributed by atoms with Crippen molar-refractivity contribution in [2.45, 2.75) is 71.6 Å². The number of hydrogen-bond donors (Lipinski definition) is 0. The van der Waals surface area contributed by atoms with Gasteiger partial charge in [-0.25, -0.2) is 4.68 Å². The first-order valence-electron chi connectivity index (χ1n) is 11.6. The Morgan fingerprint density at radius 3 is 2.73 bits per heavy atom. The molecule has 4 rings (SSSR count). The molecule has 1 aromatic carbocycles. The highest BCUT2D eigenvalue weighted by Crippen LogP contribution is 2.29. The topological polar surface area (TPSA) is 59.3 Å². The highest BCUT2D eigenvalue weighted by atomic mass is 16.5. The van der Waals surface area contributed by atoms with Crippen molar-refractivity contribution in [3.8, 4) is 0 Å². The second-order valence-corrected chi connectivity index (χ2v) is 8.75. The van der Waals surface area contributed by atoms with Gasteiger partial charge in [0, 0.05) is 38.5 Å². The molecule has 0 aliphatic carbocycles. The van der Waals surface area contributed by atoms with Gasteiger partial charge in [-0.2, -0.15) is 0 Å². The third-order valence-electron chi connectivity index (χ3n) is 6.76. The minimum absolute atomic E-state index is 0.250. The number of ether oxygens (including phenoxy) is 1. The summed E-state index contributed by atoms with van der Waals surface area (Å²) in [4.78, 5) is 5.13. The van der Waals surface area contributed by atoms with E-state index in [9.17, 15) is 0 Å². The van der Waals surface area contributed by atoms with Crippen LogP contribution in [0.1, 0.15) is 62.0 Å². The summed E-state index contributed by atoms with van der Waals surface area (Å²) in [5.74, 6) is 1.01. The smallest absolute Gasteiger partial charge is 0.168 e. The van der Waals surface area contributed by atoms with E-state index >= 15 is 0 Å². The number of benzene rings is 1. The molecular weight excluding hydrogens is 376 g/mol. The standard InChI is InChI=1S/C23H36N6O/c1-4-5-10-22(23-24-25-26-29(23)17-20-9-7-16-30-20)28-14-12-27(13-15-28)21-11-6-8-18(2)19(21)3/h6,8,11,20,22H,4-5,7,9-10,12-17H2,1-3H3/t20-,22+/m0/s1. The second-order valence-electron chi connectivity index (χ2n) is 8.75. The van der Waals surface area contributed by atoms with Crippen LogP contribution in [-0.4, -0.2) is 64.0 Å². The average Bonchev–Trinajstić information content (AvgIpc) is 3.44. The first-order chi connectivity index (χ1) is 14.7. The van der Waals surface area contributed by atoms with E-state index < -0.39 is 0 Å². The van der Waals surface area contributed by atoms with Crippen molar-refractivity contribution in [2.24, 2.45) is 0 Å². The number of anilines is 1. The summed E-state index contributed by atoms with van der Waals surface area (Å²) in [6.07, 6.45) is 5.97. The van der Waals surface area contributed by atoms with Crippen LogP contribution in [0.5, 0.6) is 0 Å². The lowest BCUT2D eigenvalue weighted by Gasteiger charge is -2.40. The Kier molecular flexibility index (Phi) is 7.00. The number of aryl methyl sites for hydroxylation is 1. The number of tetrazole rings is 1. The Bertz CT molecular complexity index is 808. The zero-order chi connectivity index (χ0) is 20.9. The van der Waals surface area contributed by atoms with Crippen LogP contribution in [0.15, 0.2) is 18.2 Å².